The Morgan fingerprint density at radius 2 is 2.08 bits per heavy atom. The summed E-state index contributed by atoms with van der Waals surface area (Å²) in [6.07, 6.45) is -1.72. The number of fused-ring (bicyclic) bond motifs is 1. The molecular formula is C8H12O5. The summed E-state index contributed by atoms with van der Waals surface area (Å²) >= 11 is 0. The molecule has 2 aliphatic heterocycles. The lowest BCUT2D eigenvalue weighted by Gasteiger charge is -2.20. The Morgan fingerprint density at radius 3 is 2.69 bits per heavy atom. The van der Waals surface area contributed by atoms with Crippen molar-refractivity contribution in [1.82, 2.24) is 0 Å². The van der Waals surface area contributed by atoms with E-state index in [9.17, 15) is 4.79 Å². The maximum absolute atomic E-state index is 11.2. The molecule has 13 heavy (non-hydrogen) atoms. The van der Waals surface area contributed by atoms with E-state index in [4.69, 9.17) is 18.9 Å². The van der Waals surface area contributed by atoms with E-state index in [1.165, 1.54) is 7.11 Å². The number of esters is 1. The zero-order valence-electron chi connectivity index (χ0n) is 7.77. The molecular weight excluding hydrogens is 176 g/mol. The number of cyclic esters (lactones) is 1. The van der Waals surface area contributed by atoms with Crippen LogP contribution in [0.4, 0.5) is 0 Å². The van der Waals surface area contributed by atoms with Crippen LogP contribution in [0.5, 0.6) is 0 Å². The van der Waals surface area contributed by atoms with Crippen LogP contribution in [0.25, 0.3) is 0 Å². The van der Waals surface area contributed by atoms with Crippen molar-refractivity contribution in [2.75, 3.05) is 7.11 Å². The first-order valence-electron chi connectivity index (χ1n) is 4.12. The largest absolute Gasteiger partial charge is 0.431 e. The molecule has 0 aromatic carbocycles. The molecule has 5 heteroatoms. The topological polar surface area (TPSA) is 54.0 Å². The molecule has 0 aliphatic carbocycles. The van der Waals surface area contributed by atoms with Gasteiger partial charge in [0.2, 0.25) is 6.29 Å². The van der Waals surface area contributed by atoms with E-state index >= 15 is 0 Å². The predicted octanol–water partition coefficient (Wildman–Crippen LogP) is 0.0358. The molecule has 3 unspecified atom stereocenters. The van der Waals surface area contributed by atoms with Gasteiger partial charge in [-0.3, -0.25) is 0 Å². The molecule has 0 saturated carbocycles. The van der Waals surface area contributed by atoms with Gasteiger partial charge in [0.1, 0.15) is 0 Å². The van der Waals surface area contributed by atoms with Crippen LogP contribution in [0, 0.1) is 0 Å². The van der Waals surface area contributed by atoms with Crippen molar-refractivity contribution in [2.24, 2.45) is 0 Å². The minimum Gasteiger partial charge on any atom is -0.431 e. The SMILES string of the molecule is COC1OC(=O)C2OC(C)(C)OC12. The Labute approximate surface area is 75.9 Å². The molecule has 3 atom stereocenters. The molecule has 0 aromatic heterocycles. The lowest BCUT2D eigenvalue weighted by atomic mass is 10.2. The molecule has 0 N–H and O–H groups in total. The van der Waals surface area contributed by atoms with Gasteiger partial charge < -0.3 is 18.9 Å². The van der Waals surface area contributed by atoms with Crippen molar-refractivity contribution in [3.63, 3.8) is 0 Å². The van der Waals surface area contributed by atoms with Crippen molar-refractivity contribution >= 4 is 5.97 Å². The van der Waals surface area contributed by atoms with Crippen LogP contribution in [0.2, 0.25) is 0 Å². The second-order valence-corrected chi connectivity index (χ2v) is 3.56. The van der Waals surface area contributed by atoms with Gasteiger partial charge in [0.15, 0.2) is 18.0 Å². The lowest BCUT2D eigenvalue weighted by molar-refractivity contribution is -0.214. The molecule has 0 radical (unpaired) electrons. The highest BCUT2D eigenvalue weighted by Gasteiger charge is 2.56. The third kappa shape index (κ3) is 1.33. The van der Waals surface area contributed by atoms with Gasteiger partial charge in [-0.2, -0.15) is 0 Å². The molecule has 0 amide bonds. The Morgan fingerprint density at radius 1 is 1.38 bits per heavy atom. The minimum atomic E-state index is -0.731. The Hall–Kier alpha value is -0.650. The Bertz CT molecular complexity index is 237. The van der Waals surface area contributed by atoms with E-state index in [0.29, 0.717) is 0 Å². The second-order valence-electron chi connectivity index (χ2n) is 3.56. The van der Waals surface area contributed by atoms with Crippen LogP contribution in [0.3, 0.4) is 0 Å². The quantitative estimate of drug-likeness (QED) is 0.543. The van der Waals surface area contributed by atoms with Gasteiger partial charge in [-0.05, 0) is 13.8 Å². The second kappa shape index (κ2) is 2.67. The van der Waals surface area contributed by atoms with Gasteiger partial charge in [-0.25, -0.2) is 4.79 Å². The maximum atomic E-state index is 11.2. The number of hydrogen-bond acceptors (Lipinski definition) is 5. The number of carbonyl (C=O) groups excluding carboxylic acids is 1. The van der Waals surface area contributed by atoms with Gasteiger partial charge in [0.05, 0.1) is 0 Å². The number of carbonyl (C=O) groups is 1. The number of methoxy groups -OCH3 is 1. The highest BCUT2D eigenvalue weighted by Crippen LogP contribution is 2.35. The predicted molar refractivity (Wildman–Crippen MR) is 40.7 cm³/mol. The van der Waals surface area contributed by atoms with Crippen LogP contribution in [0.1, 0.15) is 13.8 Å². The van der Waals surface area contributed by atoms with Crippen LogP contribution in [0.15, 0.2) is 0 Å². The van der Waals surface area contributed by atoms with Crippen molar-refractivity contribution in [3.8, 4) is 0 Å². The van der Waals surface area contributed by atoms with Crippen molar-refractivity contribution < 1.29 is 23.7 Å². The average Bonchev–Trinajstić information content (AvgIpc) is 2.47. The van der Waals surface area contributed by atoms with Crippen molar-refractivity contribution in [1.29, 1.82) is 0 Å². The molecule has 0 aromatic rings. The number of rotatable bonds is 1. The molecule has 0 bridgehead atoms. The third-order valence-corrected chi connectivity index (χ3v) is 2.09. The molecule has 5 nitrogen and oxygen atoms in total. The molecule has 0 spiro atoms. The molecule has 2 fully saturated rings. The normalized spacial score (nSPS) is 41.8. The van der Waals surface area contributed by atoms with E-state index in [0.717, 1.165) is 0 Å². The van der Waals surface area contributed by atoms with Gasteiger partial charge in [0.25, 0.3) is 0 Å². The fraction of sp³-hybridized carbons (Fsp3) is 0.875. The number of ether oxygens (including phenoxy) is 4. The van der Waals surface area contributed by atoms with Gasteiger partial charge >= 0.3 is 5.97 Å². The standard InChI is InChI=1S/C8H12O5/c1-8(2)12-4-5(13-8)7(10-3)11-6(4)9/h4-5,7H,1-3H3. The average molecular weight is 188 g/mol. The monoisotopic (exact) mass is 188 g/mol. The van der Waals surface area contributed by atoms with Crippen molar-refractivity contribution in [2.45, 2.75) is 38.1 Å². The lowest BCUT2D eigenvalue weighted by Crippen LogP contribution is -2.30. The first kappa shape index (κ1) is 8.93. The van der Waals surface area contributed by atoms with Crippen LogP contribution in [-0.2, 0) is 23.7 Å². The summed E-state index contributed by atoms with van der Waals surface area (Å²) in [7, 11) is 1.47. The van der Waals surface area contributed by atoms with E-state index in [1.807, 2.05) is 0 Å². The molecule has 74 valence electrons. The summed E-state index contributed by atoms with van der Waals surface area (Å²) < 4.78 is 20.6. The zero-order valence-corrected chi connectivity index (χ0v) is 7.77. The maximum Gasteiger partial charge on any atom is 0.340 e. The Kier molecular flexibility index (Phi) is 1.83. The van der Waals surface area contributed by atoms with E-state index in [-0.39, 0.29) is 0 Å². The first-order valence-corrected chi connectivity index (χ1v) is 4.12. The summed E-state index contributed by atoms with van der Waals surface area (Å²) in [5.74, 6) is -1.15. The summed E-state index contributed by atoms with van der Waals surface area (Å²) in [5.41, 5.74) is 0. The van der Waals surface area contributed by atoms with Gasteiger partial charge in [-0.1, -0.05) is 0 Å². The summed E-state index contributed by atoms with van der Waals surface area (Å²) in [5, 5.41) is 0. The summed E-state index contributed by atoms with van der Waals surface area (Å²) in [6, 6.07) is 0. The van der Waals surface area contributed by atoms with E-state index in [1.54, 1.807) is 13.8 Å². The van der Waals surface area contributed by atoms with Crippen LogP contribution >= 0.6 is 0 Å². The summed E-state index contributed by atoms with van der Waals surface area (Å²) in [4.78, 5) is 11.2. The zero-order chi connectivity index (χ0) is 9.64. The smallest absolute Gasteiger partial charge is 0.340 e. The van der Waals surface area contributed by atoms with Gasteiger partial charge in [-0.15, -0.1) is 0 Å². The summed E-state index contributed by atoms with van der Waals surface area (Å²) in [6.45, 7) is 3.51. The molecule has 2 rings (SSSR count). The van der Waals surface area contributed by atoms with Crippen LogP contribution < -0.4 is 0 Å². The highest BCUT2D eigenvalue weighted by atomic mass is 16.8. The van der Waals surface area contributed by atoms with Crippen LogP contribution in [-0.4, -0.2) is 37.4 Å². The Balaban J connectivity index is 2.17. The fourth-order valence-corrected chi connectivity index (χ4v) is 1.60. The van der Waals surface area contributed by atoms with Crippen molar-refractivity contribution in [3.05, 3.63) is 0 Å². The van der Waals surface area contributed by atoms with Gasteiger partial charge in [0, 0.05) is 7.11 Å². The molecule has 2 aliphatic rings. The highest BCUT2D eigenvalue weighted by molar-refractivity contribution is 5.78. The van der Waals surface area contributed by atoms with E-state index in [2.05, 4.69) is 0 Å². The fourth-order valence-electron chi connectivity index (χ4n) is 1.60. The first-order chi connectivity index (χ1) is 6.03. The number of hydrogen-bond donors (Lipinski definition) is 0. The molecule has 2 saturated heterocycles. The third-order valence-electron chi connectivity index (χ3n) is 2.09. The van der Waals surface area contributed by atoms with E-state index < -0.39 is 30.3 Å². The molecule has 2 heterocycles. The minimum absolute atomic E-state index is 0.414.